The molecule has 1 aliphatic rings. The predicted octanol–water partition coefficient (Wildman–Crippen LogP) is -0.259. The molecule has 1 aliphatic heterocycles. The van der Waals surface area contributed by atoms with Crippen LogP contribution in [0.15, 0.2) is 0 Å². The highest BCUT2D eigenvalue weighted by Crippen LogP contribution is 2.11. The Balaban J connectivity index is 2.01. The van der Waals surface area contributed by atoms with Crippen LogP contribution in [0, 0.1) is 0 Å². The molecule has 20 heavy (non-hydrogen) atoms. The second-order valence-electron chi connectivity index (χ2n) is 4.45. The van der Waals surface area contributed by atoms with Crippen LogP contribution < -0.4 is 10.6 Å². The molecule has 1 fully saturated rings. The fraction of sp³-hybridized carbons (Fsp3) is 0.769. The zero-order valence-corrected chi connectivity index (χ0v) is 11.8. The molecule has 0 aliphatic carbocycles. The second-order valence-corrected chi connectivity index (χ2v) is 4.45. The quantitative estimate of drug-likeness (QED) is 0.474. The van der Waals surface area contributed by atoms with E-state index in [0.717, 1.165) is 12.8 Å². The summed E-state index contributed by atoms with van der Waals surface area (Å²) >= 11 is 0. The summed E-state index contributed by atoms with van der Waals surface area (Å²) in [6.07, 6.45) is 1.47. The van der Waals surface area contributed by atoms with Crippen LogP contribution in [0.25, 0.3) is 0 Å². The van der Waals surface area contributed by atoms with Crippen molar-refractivity contribution in [3.63, 3.8) is 0 Å². The molecule has 0 bridgehead atoms. The third kappa shape index (κ3) is 6.51. The Labute approximate surface area is 118 Å². The van der Waals surface area contributed by atoms with Crippen molar-refractivity contribution in [3.05, 3.63) is 0 Å². The fourth-order valence-corrected chi connectivity index (χ4v) is 1.82. The first-order valence-electron chi connectivity index (χ1n) is 6.95. The molecule has 2 amide bonds. The molecule has 1 heterocycles. The van der Waals surface area contributed by atoms with Gasteiger partial charge in [0.25, 0.3) is 0 Å². The molecule has 0 saturated carbocycles. The van der Waals surface area contributed by atoms with Crippen LogP contribution in [0.1, 0.15) is 32.6 Å². The van der Waals surface area contributed by atoms with E-state index in [0.29, 0.717) is 26.3 Å². The Kier molecular flexibility index (Phi) is 7.64. The molecule has 1 unspecified atom stereocenters. The maximum Gasteiger partial charge on any atom is 0.306 e. The van der Waals surface area contributed by atoms with Gasteiger partial charge in [0.1, 0.15) is 6.10 Å². The first-order valence-corrected chi connectivity index (χ1v) is 6.95. The number of hydrogen-bond donors (Lipinski definition) is 2. The lowest BCUT2D eigenvalue weighted by Gasteiger charge is -2.10. The van der Waals surface area contributed by atoms with Gasteiger partial charge in [0, 0.05) is 26.1 Å². The van der Waals surface area contributed by atoms with Gasteiger partial charge in [-0.15, -0.1) is 0 Å². The zero-order chi connectivity index (χ0) is 14.8. The van der Waals surface area contributed by atoms with Gasteiger partial charge in [0.15, 0.2) is 0 Å². The summed E-state index contributed by atoms with van der Waals surface area (Å²) in [5.74, 6) is -0.748. The molecule has 0 aromatic heterocycles. The average Bonchev–Trinajstić information content (AvgIpc) is 2.95. The Hall–Kier alpha value is -1.63. The average molecular weight is 286 g/mol. The molecule has 2 N–H and O–H groups in total. The van der Waals surface area contributed by atoms with Crippen molar-refractivity contribution in [2.75, 3.05) is 26.3 Å². The lowest BCUT2D eigenvalue weighted by atomic mass is 10.2. The minimum Gasteiger partial charge on any atom is -0.466 e. The van der Waals surface area contributed by atoms with Crippen LogP contribution in [0.2, 0.25) is 0 Å². The number of ether oxygens (including phenoxy) is 2. The van der Waals surface area contributed by atoms with Gasteiger partial charge in [-0.25, -0.2) is 0 Å². The van der Waals surface area contributed by atoms with Crippen molar-refractivity contribution < 1.29 is 23.9 Å². The summed E-state index contributed by atoms with van der Waals surface area (Å²) < 4.78 is 9.95. The van der Waals surface area contributed by atoms with Gasteiger partial charge < -0.3 is 20.1 Å². The predicted molar refractivity (Wildman–Crippen MR) is 70.9 cm³/mol. The first-order chi connectivity index (χ1) is 9.63. The maximum absolute atomic E-state index is 11.6. The highest BCUT2D eigenvalue weighted by atomic mass is 16.5. The molecular formula is C13H22N2O5. The van der Waals surface area contributed by atoms with E-state index in [2.05, 4.69) is 10.6 Å². The Morgan fingerprint density at radius 1 is 1.20 bits per heavy atom. The Bertz CT molecular complexity index is 340. The van der Waals surface area contributed by atoms with Crippen molar-refractivity contribution in [2.45, 2.75) is 38.7 Å². The molecule has 7 nitrogen and oxygen atoms in total. The van der Waals surface area contributed by atoms with Crippen LogP contribution >= 0.6 is 0 Å². The van der Waals surface area contributed by atoms with E-state index in [1.807, 2.05) is 0 Å². The van der Waals surface area contributed by atoms with Crippen LogP contribution in [0.4, 0.5) is 0 Å². The van der Waals surface area contributed by atoms with E-state index in [4.69, 9.17) is 9.47 Å². The normalized spacial score (nSPS) is 17.6. The minimum absolute atomic E-state index is 0.0714. The van der Waals surface area contributed by atoms with E-state index in [9.17, 15) is 14.4 Å². The number of amides is 2. The number of nitrogens with one attached hydrogen (secondary N) is 2. The Morgan fingerprint density at radius 3 is 2.60 bits per heavy atom. The van der Waals surface area contributed by atoms with E-state index in [1.54, 1.807) is 6.92 Å². The summed E-state index contributed by atoms with van der Waals surface area (Å²) in [6, 6.07) is 0. The third-order valence-electron chi connectivity index (χ3n) is 2.83. The molecule has 1 atom stereocenters. The van der Waals surface area contributed by atoms with Crippen LogP contribution in [0.3, 0.4) is 0 Å². The van der Waals surface area contributed by atoms with Crippen molar-refractivity contribution in [2.24, 2.45) is 0 Å². The van der Waals surface area contributed by atoms with E-state index in [1.165, 1.54) is 0 Å². The minimum atomic E-state index is -0.380. The van der Waals surface area contributed by atoms with Gasteiger partial charge in [0.05, 0.1) is 13.0 Å². The SMILES string of the molecule is CCOC(=O)CCC(=O)NCCNC(=O)C1CCCO1. The standard InChI is InChI=1S/C13H22N2O5/c1-2-19-12(17)6-5-11(16)14-7-8-15-13(18)10-4-3-9-20-10/h10H,2-9H2,1H3,(H,14,16)(H,15,18). The van der Waals surface area contributed by atoms with Crippen molar-refractivity contribution in [1.82, 2.24) is 10.6 Å². The molecule has 7 heteroatoms. The molecule has 0 aromatic rings. The van der Waals surface area contributed by atoms with Crippen LogP contribution in [-0.4, -0.2) is 50.2 Å². The molecule has 0 spiro atoms. The molecule has 0 radical (unpaired) electrons. The van der Waals surface area contributed by atoms with E-state index >= 15 is 0 Å². The lowest BCUT2D eigenvalue weighted by molar-refractivity contribution is -0.144. The molecule has 0 aromatic carbocycles. The van der Waals surface area contributed by atoms with Crippen LogP contribution in [-0.2, 0) is 23.9 Å². The summed E-state index contributed by atoms with van der Waals surface area (Å²) in [7, 11) is 0. The third-order valence-corrected chi connectivity index (χ3v) is 2.83. The zero-order valence-electron chi connectivity index (χ0n) is 11.8. The number of hydrogen-bond acceptors (Lipinski definition) is 5. The molecule has 1 saturated heterocycles. The number of carbonyl (C=O) groups is 3. The monoisotopic (exact) mass is 286 g/mol. The van der Waals surface area contributed by atoms with Gasteiger partial charge in [-0.05, 0) is 19.8 Å². The van der Waals surface area contributed by atoms with Crippen molar-refractivity contribution in [3.8, 4) is 0 Å². The Morgan fingerprint density at radius 2 is 1.95 bits per heavy atom. The van der Waals surface area contributed by atoms with Crippen molar-refractivity contribution >= 4 is 17.8 Å². The second kappa shape index (κ2) is 9.30. The summed E-state index contributed by atoms with van der Waals surface area (Å²) in [5, 5.41) is 5.32. The van der Waals surface area contributed by atoms with Crippen LogP contribution in [0.5, 0.6) is 0 Å². The number of rotatable bonds is 8. The van der Waals surface area contributed by atoms with E-state index < -0.39 is 0 Å². The summed E-state index contributed by atoms with van der Waals surface area (Å²) in [5.41, 5.74) is 0. The highest BCUT2D eigenvalue weighted by Gasteiger charge is 2.22. The smallest absolute Gasteiger partial charge is 0.306 e. The van der Waals surface area contributed by atoms with Gasteiger partial charge in [-0.2, -0.15) is 0 Å². The number of carbonyl (C=O) groups excluding carboxylic acids is 3. The van der Waals surface area contributed by atoms with E-state index in [-0.39, 0.29) is 36.7 Å². The molecule has 114 valence electrons. The van der Waals surface area contributed by atoms with Gasteiger partial charge >= 0.3 is 5.97 Å². The molecule has 1 rings (SSSR count). The topological polar surface area (TPSA) is 93.7 Å². The lowest BCUT2D eigenvalue weighted by Crippen LogP contribution is -2.39. The highest BCUT2D eigenvalue weighted by molar-refractivity contribution is 5.82. The number of esters is 1. The largest absolute Gasteiger partial charge is 0.466 e. The molecular weight excluding hydrogens is 264 g/mol. The van der Waals surface area contributed by atoms with Gasteiger partial charge in [-0.1, -0.05) is 0 Å². The first kappa shape index (κ1) is 16.4. The van der Waals surface area contributed by atoms with Crippen molar-refractivity contribution in [1.29, 1.82) is 0 Å². The van der Waals surface area contributed by atoms with Gasteiger partial charge in [-0.3, -0.25) is 14.4 Å². The maximum atomic E-state index is 11.6. The summed E-state index contributed by atoms with van der Waals surface area (Å²) in [6.45, 7) is 3.34. The van der Waals surface area contributed by atoms with Gasteiger partial charge in [0.2, 0.25) is 11.8 Å². The summed E-state index contributed by atoms with van der Waals surface area (Å²) in [4.78, 5) is 34.0. The fourth-order valence-electron chi connectivity index (χ4n) is 1.82.